The van der Waals surface area contributed by atoms with Crippen molar-refractivity contribution in [3.8, 4) is 0 Å². The monoisotopic (exact) mass is 739 g/mol. The molecule has 12 nitrogen and oxygen atoms in total. The van der Waals surface area contributed by atoms with E-state index in [1.54, 1.807) is 0 Å². The maximum absolute atomic E-state index is 12.1. The molecule has 0 fully saturated rings. The molecule has 0 aliphatic carbocycles. The van der Waals surface area contributed by atoms with Gasteiger partial charge < -0.3 is 52.5 Å². The van der Waals surface area contributed by atoms with Crippen LogP contribution in [0.5, 0.6) is 0 Å². The Hall–Kier alpha value is -0.930. The third-order valence-electron chi connectivity index (χ3n) is 7.88. The Balaban J connectivity index is 3.22. The van der Waals surface area contributed by atoms with Gasteiger partial charge >= 0.3 is 5.97 Å². The predicted octanol–water partition coefficient (Wildman–Crippen LogP) is 6.32. The molecule has 0 aliphatic heterocycles. The van der Waals surface area contributed by atoms with Crippen molar-refractivity contribution >= 4 is 5.97 Å². The van der Waals surface area contributed by atoms with E-state index in [-0.39, 0.29) is 18.7 Å². The van der Waals surface area contributed by atoms with Crippen molar-refractivity contribution in [1.82, 2.24) is 0 Å². The van der Waals surface area contributed by atoms with E-state index in [0.29, 0.717) is 125 Å². The number of hydrogen-bond acceptors (Lipinski definition) is 12. The molecule has 1 N–H and O–H groups in total. The van der Waals surface area contributed by atoms with Crippen molar-refractivity contribution in [1.29, 1.82) is 0 Å². The fraction of sp³-hybridized carbons (Fsp3) is 0.974. The fourth-order valence-electron chi connectivity index (χ4n) is 5.03. The van der Waals surface area contributed by atoms with Gasteiger partial charge in [0.2, 0.25) is 0 Å². The third-order valence-corrected chi connectivity index (χ3v) is 7.88. The standard InChI is InChI=1S/C39H78O12/c1-3-4-5-6-7-8-9-10-11-12-13-14-15-16-17-18-39(41)51-38(2)37-50-36-35-49-34-33-48-32-31-47-30-29-46-28-27-45-26-25-44-24-23-43-22-21-42-20-19-40/h38,40H,3-37H2,1-2H3. The Bertz CT molecular complexity index is 658. The maximum atomic E-state index is 12.1. The Morgan fingerprint density at radius 3 is 1.00 bits per heavy atom. The first-order valence-corrected chi connectivity index (χ1v) is 20.2. The zero-order valence-corrected chi connectivity index (χ0v) is 32.8. The second-order valence-corrected chi connectivity index (χ2v) is 12.7. The largest absolute Gasteiger partial charge is 0.460 e. The topological polar surface area (TPSA) is 130 Å². The highest BCUT2D eigenvalue weighted by atomic mass is 16.6. The minimum atomic E-state index is -0.256. The Kier molecular flexibility index (Phi) is 44.4. The van der Waals surface area contributed by atoms with Crippen LogP contribution >= 0.6 is 0 Å². The van der Waals surface area contributed by atoms with Crippen LogP contribution in [0.1, 0.15) is 117 Å². The molecule has 0 heterocycles. The number of rotatable bonds is 45. The summed E-state index contributed by atoms with van der Waals surface area (Å²) in [5, 5.41) is 8.59. The summed E-state index contributed by atoms with van der Waals surface area (Å²) in [6.07, 6.45) is 19.9. The summed E-state index contributed by atoms with van der Waals surface area (Å²) in [6, 6.07) is 0. The van der Waals surface area contributed by atoms with E-state index in [0.717, 1.165) is 12.8 Å². The van der Waals surface area contributed by atoms with Gasteiger partial charge in [-0.1, -0.05) is 96.8 Å². The average molecular weight is 739 g/mol. The highest BCUT2D eigenvalue weighted by Gasteiger charge is 2.09. The molecular weight excluding hydrogens is 660 g/mol. The van der Waals surface area contributed by atoms with Crippen molar-refractivity contribution in [3.05, 3.63) is 0 Å². The predicted molar refractivity (Wildman–Crippen MR) is 200 cm³/mol. The lowest BCUT2D eigenvalue weighted by atomic mass is 10.0. The van der Waals surface area contributed by atoms with Gasteiger partial charge in [-0.2, -0.15) is 0 Å². The Labute approximate surface area is 311 Å². The number of aliphatic hydroxyl groups excluding tert-OH is 1. The molecule has 0 saturated heterocycles. The van der Waals surface area contributed by atoms with Crippen LogP contribution in [-0.4, -0.2) is 143 Å². The van der Waals surface area contributed by atoms with Gasteiger partial charge in [-0.15, -0.1) is 0 Å². The number of unbranched alkanes of at least 4 members (excludes halogenated alkanes) is 14. The number of aliphatic hydroxyl groups is 1. The Morgan fingerprint density at radius 2 is 0.686 bits per heavy atom. The lowest BCUT2D eigenvalue weighted by molar-refractivity contribution is -0.151. The van der Waals surface area contributed by atoms with Crippen LogP contribution in [0.2, 0.25) is 0 Å². The van der Waals surface area contributed by atoms with Gasteiger partial charge in [0.15, 0.2) is 0 Å². The molecule has 0 radical (unpaired) electrons. The number of ether oxygens (including phenoxy) is 10. The normalized spacial score (nSPS) is 12.1. The fourth-order valence-corrected chi connectivity index (χ4v) is 5.03. The highest BCUT2D eigenvalue weighted by molar-refractivity contribution is 5.69. The molecule has 0 spiro atoms. The average Bonchev–Trinajstić information content (AvgIpc) is 3.12. The molecule has 51 heavy (non-hydrogen) atoms. The van der Waals surface area contributed by atoms with Gasteiger partial charge in [-0.25, -0.2) is 0 Å². The number of esters is 1. The molecule has 0 bridgehead atoms. The summed E-state index contributed by atoms with van der Waals surface area (Å²) >= 11 is 0. The summed E-state index contributed by atoms with van der Waals surface area (Å²) < 4.78 is 54.3. The molecule has 0 amide bonds. The highest BCUT2D eigenvalue weighted by Crippen LogP contribution is 2.14. The number of hydrogen-bond donors (Lipinski definition) is 1. The van der Waals surface area contributed by atoms with E-state index >= 15 is 0 Å². The quantitative estimate of drug-likeness (QED) is 0.0555. The van der Waals surface area contributed by atoms with E-state index in [1.807, 2.05) is 6.92 Å². The van der Waals surface area contributed by atoms with Gasteiger partial charge in [-0.05, 0) is 13.3 Å². The van der Waals surface area contributed by atoms with E-state index in [4.69, 9.17) is 52.5 Å². The van der Waals surface area contributed by atoms with E-state index < -0.39 is 0 Å². The van der Waals surface area contributed by atoms with Crippen molar-refractivity contribution in [3.63, 3.8) is 0 Å². The summed E-state index contributed by atoms with van der Waals surface area (Å²) in [6.45, 7) is 12.7. The lowest BCUT2D eigenvalue weighted by Crippen LogP contribution is -2.21. The van der Waals surface area contributed by atoms with Crippen LogP contribution in [0.15, 0.2) is 0 Å². The molecule has 1 unspecified atom stereocenters. The van der Waals surface area contributed by atoms with E-state index in [9.17, 15) is 4.79 Å². The lowest BCUT2D eigenvalue weighted by Gasteiger charge is -2.14. The molecule has 0 aromatic rings. The van der Waals surface area contributed by atoms with Crippen LogP contribution in [0, 0.1) is 0 Å². The molecule has 0 saturated carbocycles. The molecule has 0 rings (SSSR count). The van der Waals surface area contributed by atoms with Crippen molar-refractivity contribution in [2.45, 2.75) is 123 Å². The third kappa shape index (κ3) is 45.2. The Morgan fingerprint density at radius 1 is 0.412 bits per heavy atom. The molecule has 0 aromatic heterocycles. The summed E-state index contributed by atoms with van der Waals surface area (Å²) in [4.78, 5) is 12.1. The molecule has 0 aromatic carbocycles. The van der Waals surface area contributed by atoms with Gasteiger partial charge in [0, 0.05) is 6.42 Å². The molecule has 306 valence electrons. The smallest absolute Gasteiger partial charge is 0.306 e. The van der Waals surface area contributed by atoms with Crippen LogP contribution in [0.25, 0.3) is 0 Å². The van der Waals surface area contributed by atoms with Gasteiger partial charge in [0.25, 0.3) is 0 Å². The van der Waals surface area contributed by atoms with Crippen LogP contribution in [-0.2, 0) is 52.2 Å². The minimum Gasteiger partial charge on any atom is -0.460 e. The van der Waals surface area contributed by atoms with Gasteiger partial charge in [-0.3, -0.25) is 4.79 Å². The van der Waals surface area contributed by atoms with Crippen LogP contribution < -0.4 is 0 Å². The molecular formula is C39H78O12. The molecule has 12 heteroatoms. The first-order valence-electron chi connectivity index (χ1n) is 20.2. The summed E-state index contributed by atoms with van der Waals surface area (Å²) in [5.41, 5.74) is 0. The molecule has 0 aliphatic rings. The first-order chi connectivity index (χ1) is 25.2. The first kappa shape index (κ1) is 50.1. The van der Waals surface area contributed by atoms with E-state index in [2.05, 4.69) is 6.92 Å². The second-order valence-electron chi connectivity index (χ2n) is 12.7. The van der Waals surface area contributed by atoms with Crippen LogP contribution in [0.4, 0.5) is 0 Å². The number of carbonyl (C=O) groups is 1. The van der Waals surface area contributed by atoms with Crippen molar-refractivity contribution < 1.29 is 57.3 Å². The summed E-state index contributed by atoms with van der Waals surface area (Å²) in [5.74, 6) is -0.133. The minimum absolute atomic E-state index is 0.0245. The van der Waals surface area contributed by atoms with Crippen LogP contribution in [0.3, 0.4) is 0 Å². The van der Waals surface area contributed by atoms with Crippen molar-refractivity contribution in [2.75, 3.05) is 126 Å². The second kappa shape index (κ2) is 45.2. The van der Waals surface area contributed by atoms with E-state index in [1.165, 1.54) is 83.5 Å². The maximum Gasteiger partial charge on any atom is 0.306 e. The van der Waals surface area contributed by atoms with Gasteiger partial charge in [0.05, 0.1) is 126 Å². The van der Waals surface area contributed by atoms with Crippen molar-refractivity contribution in [2.24, 2.45) is 0 Å². The summed E-state index contributed by atoms with van der Waals surface area (Å²) in [7, 11) is 0. The number of carbonyl (C=O) groups excluding carboxylic acids is 1. The van der Waals surface area contributed by atoms with Gasteiger partial charge in [0.1, 0.15) is 6.10 Å². The zero-order valence-electron chi connectivity index (χ0n) is 32.8. The SMILES string of the molecule is CCCCCCCCCCCCCCCCCC(=O)OC(C)COCCOCCOCCOCCOCCOCCOCCOCCOCCO. The zero-order chi connectivity index (χ0) is 37.0. The molecule has 1 atom stereocenters.